The maximum absolute atomic E-state index is 10.5. The normalized spacial score (nSPS) is 13.0. The third kappa shape index (κ3) is 3.51. The van der Waals surface area contributed by atoms with Crippen molar-refractivity contribution < 1.29 is 5.11 Å². The minimum absolute atomic E-state index is 0.456. The summed E-state index contributed by atoms with van der Waals surface area (Å²) in [6.45, 7) is 1.65. The highest BCUT2D eigenvalue weighted by molar-refractivity contribution is 7.09. The molecule has 0 aliphatic carbocycles. The van der Waals surface area contributed by atoms with Crippen LogP contribution in [0.2, 0.25) is 0 Å². The molecule has 2 aromatic carbocycles. The van der Waals surface area contributed by atoms with Crippen molar-refractivity contribution in [2.75, 3.05) is 5.73 Å². The lowest BCUT2D eigenvalue weighted by Gasteiger charge is -2.12. The Labute approximate surface area is 160 Å². The molecule has 2 aromatic heterocycles. The zero-order chi connectivity index (χ0) is 18.9. The highest BCUT2D eigenvalue weighted by Crippen LogP contribution is 2.26. The first-order chi connectivity index (χ1) is 13.0. The lowest BCUT2D eigenvalue weighted by atomic mass is 10.0. The van der Waals surface area contributed by atoms with Crippen LogP contribution in [0.1, 0.15) is 17.5 Å². The largest absolute Gasteiger partial charge is 0.383 e. The first-order valence-corrected chi connectivity index (χ1v) is 9.17. The van der Waals surface area contributed by atoms with Gasteiger partial charge in [0, 0.05) is 22.5 Å². The number of rotatable bonds is 2. The maximum atomic E-state index is 10.5. The summed E-state index contributed by atoms with van der Waals surface area (Å²) in [6.07, 6.45) is 3.12. The van der Waals surface area contributed by atoms with Crippen LogP contribution >= 0.6 is 11.3 Å². The van der Waals surface area contributed by atoms with Gasteiger partial charge in [0.1, 0.15) is 17.2 Å². The first-order valence-electron chi connectivity index (χ1n) is 8.29. The van der Waals surface area contributed by atoms with Gasteiger partial charge in [-0.05, 0) is 42.3 Å². The molecule has 27 heavy (non-hydrogen) atoms. The van der Waals surface area contributed by atoms with Crippen molar-refractivity contribution >= 4 is 28.1 Å². The summed E-state index contributed by atoms with van der Waals surface area (Å²) in [4.78, 5) is 12.4. The summed E-state index contributed by atoms with van der Waals surface area (Å²) in [5, 5.41) is 13.7. The molecule has 0 amide bonds. The summed E-state index contributed by atoms with van der Waals surface area (Å²) in [6, 6.07) is 13.7. The molecule has 0 spiro atoms. The lowest BCUT2D eigenvalue weighted by molar-refractivity contribution is 0.122. The van der Waals surface area contributed by atoms with Crippen LogP contribution in [0.15, 0.2) is 60.4 Å². The monoisotopic (exact) mass is 372 g/mol. The van der Waals surface area contributed by atoms with E-state index in [1.54, 1.807) is 13.1 Å². The molecule has 0 radical (unpaired) electrons. The SMILES string of the molecule is C[C@@](O)(C#Cc1cccc(-c2ccc3ncnc(N)c3c2)c1)c1nccs1. The van der Waals surface area contributed by atoms with E-state index in [0.29, 0.717) is 10.8 Å². The Morgan fingerprint density at radius 1 is 1.07 bits per heavy atom. The van der Waals surface area contributed by atoms with Crippen molar-refractivity contribution in [3.8, 4) is 23.0 Å². The van der Waals surface area contributed by atoms with Crippen molar-refractivity contribution in [2.45, 2.75) is 12.5 Å². The van der Waals surface area contributed by atoms with E-state index in [-0.39, 0.29) is 0 Å². The summed E-state index contributed by atoms with van der Waals surface area (Å²) < 4.78 is 0. The Bertz CT molecular complexity index is 1170. The predicted octanol–water partition coefficient (Wildman–Crippen LogP) is 3.59. The van der Waals surface area contributed by atoms with Gasteiger partial charge in [0.05, 0.1) is 5.52 Å². The molecule has 0 aliphatic heterocycles. The molecule has 6 heteroatoms. The molecule has 3 N–H and O–H groups in total. The number of thiazole rings is 1. The Morgan fingerprint density at radius 2 is 1.93 bits per heavy atom. The van der Waals surface area contributed by atoms with E-state index < -0.39 is 5.60 Å². The fourth-order valence-corrected chi connectivity index (χ4v) is 3.40. The topological polar surface area (TPSA) is 84.9 Å². The summed E-state index contributed by atoms with van der Waals surface area (Å²) in [5.41, 5.74) is 8.30. The molecule has 0 bridgehead atoms. The highest BCUT2D eigenvalue weighted by Gasteiger charge is 2.22. The fraction of sp³-hybridized carbons (Fsp3) is 0.0952. The molecular formula is C21H16N4OS. The highest BCUT2D eigenvalue weighted by atomic mass is 32.1. The number of hydrogen-bond acceptors (Lipinski definition) is 6. The average molecular weight is 372 g/mol. The van der Waals surface area contributed by atoms with E-state index in [9.17, 15) is 5.11 Å². The number of hydrogen-bond donors (Lipinski definition) is 2. The van der Waals surface area contributed by atoms with Crippen molar-refractivity contribution in [3.63, 3.8) is 0 Å². The van der Waals surface area contributed by atoms with Crippen LogP contribution in [-0.4, -0.2) is 20.1 Å². The maximum Gasteiger partial charge on any atom is 0.174 e. The number of nitrogens with zero attached hydrogens (tertiary/aromatic N) is 3. The Morgan fingerprint density at radius 3 is 2.74 bits per heavy atom. The molecule has 0 saturated carbocycles. The smallest absolute Gasteiger partial charge is 0.174 e. The van der Waals surface area contributed by atoms with Crippen molar-refractivity contribution in [3.05, 3.63) is 70.9 Å². The van der Waals surface area contributed by atoms with Gasteiger partial charge in [-0.1, -0.05) is 30.0 Å². The van der Waals surface area contributed by atoms with Gasteiger partial charge in [-0.3, -0.25) is 0 Å². The molecule has 132 valence electrons. The third-order valence-corrected chi connectivity index (χ3v) is 5.14. The number of aromatic nitrogens is 3. The number of anilines is 1. The number of benzene rings is 2. The van der Waals surface area contributed by atoms with E-state index in [2.05, 4.69) is 26.8 Å². The lowest BCUT2D eigenvalue weighted by Crippen LogP contribution is -2.17. The summed E-state index contributed by atoms with van der Waals surface area (Å²) >= 11 is 1.38. The first kappa shape index (κ1) is 17.2. The minimum atomic E-state index is -1.28. The second-order valence-electron chi connectivity index (χ2n) is 6.23. The third-order valence-electron chi connectivity index (χ3n) is 4.16. The van der Waals surface area contributed by atoms with Gasteiger partial charge in [0.25, 0.3) is 0 Å². The van der Waals surface area contributed by atoms with Gasteiger partial charge in [-0.25, -0.2) is 15.0 Å². The van der Waals surface area contributed by atoms with Crippen molar-refractivity contribution in [1.82, 2.24) is 15.0 Å². The quantitative estimate of drug-likeness (QED) is 0.525. The Kier molecular flexibility index (Phi) is 4.32. The van der Waals surface area contributed by atoms with Crippen molar-refractivity contribution in [1.29, 1.82) is 0 Å². The molecule has 0 unspecified atom stereocenters. The van der Waals surface area contributed by atoms with Crippen LogP contribution in [0.4, 0.5) is 5.82 Å². The van der Waals surface area contributed by atoms with E-state index in [1.165, 1.54) is 17.7 Å². The van der Waals surface area contributed by atoms with E-state index in [1.807, 2.05) is 47.8 Å². The van der Waals surface area contributed by atoms with Crippen LogP contribution in [0, 0.1) is 11.8 Å². The van der Waals surface area contributed by atoms with E-state index in [4.69, 9.17) is 5.73 Å². The standard InChI is InChI=1S/C21H16N4OS/c1-21(26,20-23-9-10-27-20)8-7-14-3-2-4-15(11-14)16-5-6-18-17(12-16)19(22)25-13-24-18/h2-6,9-13,26H,1H3,(H2,22,24,25)/t21-/m1/s1. The zero-order valence-corrected chi connectivity index (χ0v) is 15.4. The van der Waals surface area contributed by atoms with Crippen LogP contribution in [0.5, 0.6) is 0 Å². The molecule has 0 aliphatic rings. The number of fused-ring (bicyclic) bond motifs is 1. The molecular weight excluding hydrogens is 356 g/mol. The summed E-state index contributed by atoms with van der Waals surface area (Å²) in [7, 11) is 0. The second-order valence-corrected chi connectivity index (χ2v) is 7.13. The van der Waals surface area contributed by atoms with Crippen LogP contribution in [-0.2, 0) is 5.60 Å². The molecule has 5 nitrogen and oxygen atoms in total. The Hall–Kier alpha value is -3.27. The minimum Gasteiger partial charge on any atom is -0.383 e. The molecule has 4 rings (SSSR count). The molecule has 0 fully saturated rings. The van der Waals surface area contributed by atoms with Crippen LogP contribution in [0.3, 0.4) is 0 Å². The van der Waals surface area contributed by atoms with E-state index >= 15 is 0 Å². The van der Waals surface area contributed by atoms with Gasteiger partial charge in [0.2, 0.25) is 0 Å². The van der Waals surface area contributed by atoms with Gasteiger partial charge in [0.15, 0.2) is 5.60 Å². The van der Waals surface area contributed by atoms with Crippen LogP contribution in [0.25, 0.3) is 22.0 Å². The molecule has 4 aromatic rings. The van der Waals surface area contributed by atoms with Gasteiger partial charge < -0.3 is 10.8 Å². The summed E-state index contributed by atoms with van der Waals surface area (Å²) in [5.74, 6) is 6.41. The number of nitrogen functional groups attached to an aromatic ring is 1. The van der Waals surface area contributed by atoms with E-state index in [0.717, 1.165) is 27.6 Å². The molecule has 0 saturated heterocycles. The molecule has 1 atom stereocenters. The Balaban J connectivity index is 1.70. The van der Waals surface area contributed by atoms with Crippen LogP contribution < -0.4 is 5.73 Å². The van der Waals surface area contributed by atoms with Gasteiger partial charge >= 0.3 is 0 Å². The average Bonchev–Trinajstić information content (AvgIpc) is 3.23. The van der Waals surface area contributed by atoms with Gasteiger partial charge in [-0.15, -0.1) is 11.3 Å². The fourth-order valence-electron chi connectivity index (χ4n) is 2.74. The predicted molar refractivity (Wildman–Crippen MR) is 108 cm³/mol. The van der Waals surface area contributed by atoms with Crippen molar-refractivity contribution in [2.24, 2.45) is 0 Å². The number of nitrogens with two attached hydrogens (primary N) is 1. The number of aliphatic hydroxyl groups is 1. The van der Waals surface area contributed by atoms with Gasteiger partial charge in [-0.2, -0.15) is 0 Å². The second kappa shape index (κ2) is 6.80. The molecule has 2 heterocycles. The zero-order valence-electron chi connectivity index (χ0n) is 14.5.